The molecule has 2 aliphatic heterocycles. The molecule has 12 rings (SSSR count). The van der Waals surface area contributed by atoms with Gasteiger partial charge < -0.3 is 18.3 Å². The predicted octanol–water partition coefficient (Wildman–Crippen LogP) is 10.5. The van der Waals surface area contributed by atoms with E-state index in [2.05, 4.69) is 113 Å². The number of ether oxygens (including phenoxy) is 1. The number of pyridine rings is 1. The fraction of sp³-hybridized carbons (Fsp3) is 0.0208. The first-order valence-corrected chi connectivity index (χ1v) is 19.8. The van der Waals surface area contributed by atoms with Gasteiger partial charge in [-0.1, -0.05) is 115 Å². The fourth-order valence-electron chi connectivity index (χ4n) is 9.43. The highest BCUT2D eigenvalue weighted by molar-refractivity contribution is 7.85. The molecule has 6 heteroatoms. The van der Waals surface area contributed by atoms with Crippen LogP contribution in [0.3, 0.4) is 0 Å². The molecule has 2 atom stereocenters. The van der Waals surface area contributed by atoms with E-state index in [1.54, 1.807) is 0 Å². The second-order valence-electron chi connectivity index (χ2n) is 14.2. The number of nitrogens with zero attached hydrogens (tertiary/aromatic N) is 2. The van der Waals surface area contributed by atoms with Gasteiger partial charge >= 0.3 is 0 Å². The van der Waals surface area contributed by atoms with Crippen LogP contribution >= 0.6 is 7.14 Å². The summed E-state index contributed by atoms with van der Waals surface area (Å²) in [5.74, 6) is 1.51. The molecule has 2 unspecified atom stereocenters. The molecule has 3 aromatic heterocycles. The molecule has 0 radical (unpaired) electrons. The number of para-hydroxylation sites is 3. The quantitative estimate of drug-likeness (QED) is 0.168. The normalized spacial score (nSPS) is 18.4. The molecule has 0 aliphatic carbocycles. The maximum absolute atomic E-state index is 16.4. The summed E-state index contributed by atoms with van der Waals surface area (Å²) in [6.07, 6.45) is 3.78. The number of hydrogen-bond donors (Lipinski definition) is 0. The van der Waals surface area contributed by atoms with E-state index < -0.39 is 12.6 Å². The number of hydrogen-bond acceptors (Lipinski definition) is 4. The molecular formula is C48H29N2O3P. The van der Waals surface area contributed by atoms with E-state index in [9.17, 15) is 0 Å². The van der Waals surface area contributed by atoms with Crippen LogP contribution < -0.4 is 20.7 Å². The highest BCUT2D eigenvalue weighted by atomic mass is 31.2. The van der Waals surface area contributed by atoms with Gasteiger partial charge in [0.2, 0.25) is 0 Å². The highest BCUT2D eigenvalue weighted by Gasteiger charge is 2.55. The molecule has 0 N–H and O–H groups in total. The third-order valence-electron chi connectivity index (χ3n) is 11.6. The van der Waals surface area contributed by atoms with Crippen LogP contribution in [-0.4, -0.2) is 9.55 Å². The van der Waals surface area contributed by atoms with Gasteiger partial charge in [-0.25, -0.2) is 0 Å². The average molecular weight is 713 g/mol. The van der Waals surface area contributed by atoms with Crippen LogP contribution in [-0.2, 0) is 9.98 Å². The molecule has 7 aromatic carbocycles. The van der Waals surface area contributed by atoms with Gasteiger partial charge in [0, 0.05) is 66.5 Å². The first-order valence-electron chi connectivity index (χ1n) is 18.1. The van der Waals surface area contributed by atoms with Gasteiger partial charge in [0.25, 0.3) is 0 Å². The van der Waals surface area contributed by atoms with Gasteiger partial charge in [0.05, 0.1) is 22.6 Å². The lowest BCUT2D eigenvalue weighted by Crippen LogP contribution is -2.48. The Hall–Kier alpha value is -6.68. The van der Waals surface area contributed by atoms with Crippen molar-refractivity contribution in [1.29, 1.82) is 0 Å². The zero-order valence-corrected chi connectivity index (χ0v) is 29.7. The van der Waals surface area contributed by atoms with Crippen LogP contribution in [0.2, 0.25) is 0 Å². The minimum Gasteiger partial charge on any atom is -0.457 e. The summed E-state index contributed by atoms with van der Waals surface area (Å²) in [5.41, 5.74) is 7.69. The molecule has 0 saturated carbocycles. The summed E-state index contributed by atoms with van der Waals surface area (Å²) in [4.78, 5) is 4.52. The Morgan fingerprint density at radius 3 is 2.15 bits per heavy atom. The van der Waals surface area contributed by atoms with Gasteiger partial charge in [0.15, 0.2) is 7.14 Å². The lowest BCUT2D eigenvalue weighted by atomic mass is 9.63. The fourth-order valence-corrected chi connectivity index (χ4v) is 12.6. The van der Waals surface area contributed by atoms with Gasteiger partial charge in [-0.2, -0.15) is 0 Å². The number of fused-ring (bicyclic) bond motifs is 14. The standard InChI is InChI=1S/C48H29N2O3P/c51-54(31-12-2-1-3-13-31)46-21-11-7-17-38(46)48(39-27-35-34-15-5-9-19-42(34)52-44(35)28-47(39)54)36-16-6-10-20-43(36)53-45-26-30(22-23-37(45)48)50-40-18-8-4-14-32(40)33-24-25-49-29-41(33)50/h1-29H. The van der Waals surface area contributed by atoms with Crippen LogP contribution in [0.25, 0.3) is 49.4 Å². The van der Waals surface area contributed by atoms with Gasteiger partial charge in [0.1, 0.15) is 22.7 Å². The van der Waals surface area contributed by atoms with Crippen molar-refractivity contribution < 1.29 is 13.7 Å². The van der Waals surface area contributed by atoms with Crippen molar-refractivity contribution in [2.24, 2.45) is 0 Å². The van der Waals surface area contributed by atoms with Gasteiger partial charge in [-0.15, -0.1) is 0 Å². The van der Waals surface area contributed by atoms with Crippen molar-refractivity contribution in [2.45, 2.75) is 5.41 Å². The molecule has 0 amide bonds. The van der Waals surface area contributed by atoms with Crippen molar-refractivity contribution in [3.8, 4) is 17.2 Å². The maximum atomic E-state index is 16.4. The van der Waals surface area contributed by atoms with Crippen LogP contribution in [0, 0.1) is 0 Å². The Balaban J connectivity index is 1.24. The molecule has 10 aromatic rings. The minimum atomic E-state index is -3.43. The molecule has 0 saturated heterocycles. The van der Waals surface area contributed by atoms with E-state index in [0.29, 0.717) is 0 Å². The molecule has 0 fully saturated rings. The number of aromatic nitrogens is 2. The lowest BCUT2D eigenvalue weighted by Gasteiger charge is -2.47. The van der Waals surface area contributed by atoms with Crippen molar-refractivity contribution in [3.63, 3.8) is 0 Å². The first kappa shape index (κ1) is 29.9. The molecule has 5 nitrogen and oxygen atoms in total. The van der Waals surface area contributed by atoms with E-state index in [0.717, 1.165) is 93.7 Å². The smallest absolute Gasteiger partial charge is 0.171 e. The number of benzene rings is 7. The largest absolute Gasteiger partial charge is 0.457 e. The number of furan rings is 1. The van der Waals surface area contributed by atoms with E-state index in [1.165, 1.54) is 5.39 Å². The van der Waals surface area contributed by atoms with E-state index >= 15 is 4.57 Å². The third-order valence-corrected chi connectivity index (χ3v) is 14.8. The second-order valence-corrected chi connectivity index (χ2v) is 16.9. The zero-order chi connectivity index (χ0) is 35.6. The second kappa shape index (κ2) is 10.7. The highest BCUT2D eigenvalue weighted by Crippen LogP contribution is 2.62. The van der Waals surface area contributed by atoms with Crippen LogP contribution in [0.5, 0.6) is 11.5 Å². The Bertz CT molecular complexity index is 3200. The van der Waals surface area contributed by atoms with Crippen LogP contribution in [0.15, 0.2) is 181 Å². The van der Waals surface area contributed by atoms with E-state index in [1.807, 2.05) is 73.1 Å². The predicted molar refractivity (Wildman–Crippen MR) is 217 cm³/mol. The molecule has 5 heterocycles. The van der Waals surface area contributed by atoms with Crippen molar-refractivity contribution in [3.05, 3.63) is 198 Å². The first-order chi connectivity index (χ1) is 26.7. The topological polar surface area (TPSA) is 57.3 Å². The molecule has 254 valence electrons. The summed E-state index contributed by atoms with van der Waals surface area (Å²) in [5, 5.41) is 6.71. The maximum Gasteiger partial charge on any atom is 0.171 e. The van der Waals surface area contributed by atoms with Crippen molar-refractivity contribution >= 4 is 66.8 Å². The minimum absolute atomic E-state index is 0.719. The average Bonchev–Trinajstić information content (AvgIpc) is 3.77. The third kappa shape index (κ3) is 3.69. The van der Waals surface area contributed by atoms with E-state index in [-0.39, 0.29) is 0 Å². The Labute approximate surface area is 310 Å². The van der Waals surface area contributed by atoms with Gasteiger partial charge in [-0.3, -0.25) is 4.98 Å². The monoisotopic (exact) mass is 712 g/mol. The number of rotatable bonds is 2. The SMILES string of the molecule is O=P1(c2ccccc2)c2ccccc2C2(c3ccccc3Oc3cc(-n4c5ccccc5c5ccncc54)ccc32)c2cc3c(cc21)oc1ccccc13. The zero-order valence-electron chi connectivity index (χ0n) is 28.8. The van der Waals surface area contributed by atoms with Crippen LogP contribution in [0.1, 0.15) is 22.3 Å². The Morgan fingerprint density at radius 1 is 0.519 bits per heavy atom. The van der Waals surface area contributed by atoms with E-state index in [4.69, 9.17) is 9.15 Å². The lowest BCUT2D eigenvalue weighted by molar-refractivity contribution is 0.435. The summed E-state index contributed by atoms with van der Waals surface area (Å²) < 4.78 is 32.1. The summed E-state index contributed by atoms with van der Waals surface area (Å²) in [6, 6.07) is 56.1. The molecule has 0 bridgehead atoms. The molecule has 54 heavy (non-hydrogen) atoms. The molecular weight excluding hydrogens is 684 g/mol. The summed E-state index contributed by atoms with van der Waals surface area (Å²) in [7, 11) is -3.43. The van der Waals surface area contributed by atoms with Gasteiger partial charge in [-0.05, 0) is 53.6 Å². The summed E-state index contributed by atoms with van der Waals surface area (Å²) >= 11 is 0. The van der Waals surface area contributed by atoms with Crippen molar-refractivity contribution in [2.75, 3.05) is 0 Å². The Kier molecular flexibility index (Phi) is 5.91. The van der Waals surface area contributed by atoms with Crippen molar-refractivity contribution in [1.82, 2.24) is 9.55 Å². The summed E-state index contributed by atoms with van der Waals surface area (Å²) in [6.45, 7) is 0. The Morgan fingerprint density at radius 2 is 1.24 bits per heavy atom. The molecule has 1 spiro atoms. The molecule has 2 aliphatic rings. The van der Waals surface area contributed by atoms with Crippen LogP contribution in [0.4, 0.5) is 0 Å².